The number of thiazole rings is 1. The van der Waals surface area contributed by atoms with Gasteiger partial charge in [-0.15, -0.1) is 16.4 Å². The van der Waals surface area contributed by atoms with Gasteiger partial charge in [-0.05, 0) is 44.2 Å². The maximum atomic E-state index is 14.5. The van der Waals surface area contributed by atoms with Crippen molar-refractivity contribution in [3.8, 4) is 16.9 Å². The molecule has 0 saturated carbocycles. The van der Waals surface area contributed by atoms with Crippen molar-refractivity contribution in [2.75, 3.05) is 19.8 Å². The molecule has 2 aliphatic rings. The minimum Gasteiger partial charge on any atom is -0.464 e. The molecule has 5 heterocycles. The largest absolute Gasteiger partial charge is 0.464 e. The maximum Gasteiger partial charge on any atom is 0.332 e. The Morgan fingerprint density at radius 3 is 2.80 bits per heavy atom. The quantitative estimate of drug-likeness (QED) is 0.162. The number of rotatable bonds is 9. The smallest absolute Gasteiger partial charge is 0.332 e. The van der Waals surface area contributed by atoms with Gasteiger partial charge < -0.3 is 23.7 Å². The van der Waals surface area contributed by atoms with Crippen LogP contribution in [0, 0.1) is 12.7 Å². The molecule has 0 bridgehead atoms. The van der Waals surface area contributed by atoms with Gasteiger partial charge in [0.05, 0.1) is 45.3 Å². The summed E-state index contributed by atoms with van der Waals surface area (Å²) in [6, 6.07) is 19.0. The van der Waals surface area contributed by atoms with Crippen LogP contribution in [0.25, 0.3) is 27.2 Å². The van der Waals surface area contributed by atoms with Crippen LogP contribution in [0.3, 0.4) is 0 Å². The van der Waals surface area contributed by atoms with Crippen LogP contribution in [0.2, 0.25) is 5.02 Å². The van der Waals surface area contributed by atoms with E-state index in [-0.39, 0.29) is 18.2 Å². The lowest BCUT2D eigenvalue weighted by Gasteiger charge is -2.48. The van der Waals surface area contributed by atoms with Crippen LogP contribution in [-0.4, -0.2) is 78.8 Å². The summed E-state index contributed by atoms with van der Waals surface area (Å²) >= 11 is 7.53. The highest BCUT2D eigenvalue weighted by molar-refractivity contribution is 7.18. The molecule has 3 aromatic carbocycles. The van der Waals surface area contributed by atoms with Crippen LogP contribution >= 0.6 is 22.9 Å². The Bertz CT molecular complexity index is 2180. The Morgan fingerprint density at radius 1 is 1.12 bits per heavy atom. The minimum atomic E-state index is -0.945. The van der Waals surface area contributed by atoms with E-state index in [0.29, 0.717) is 17.1 Å². The molecule has 262 valence electrons. The number of hydrogen-bond donors (Lipinski definition) is 0. The second kappa shape index (κ2) is 14.2. The minimum absolute atomic E-state index is 0.00928. The summed E-state index contributed by atoms with van der Waals surface area (Å²) in [6.07, 6.45) is -0.822. The molecule has 0 amide bonds. The lowest BCUT2D eigenvalue weighted by atomic mass is 9.90. The molecule has 6 atom stereocenters. The molecular weight excluding hydrogens is 701 g/mol. The summed E-state index contributed by atoms with van der Waals surface area (Å²) < 4.78 is 50.0. The van der Waals surface area contributed by atoms with Crippen molar-refractivity contribution in [1.82, 2.24) is 34.7 Å². The predicted molar refractivity (Wildman–Crippen MR) is 183 cm³/mol. The summed E-state index contributed by atoms with van der Waals surface area (Å²) in [7, 11) is 0. The molecule has 0 radical (unpaired) electrons. The first-order valence-electron chi connectivity index (χ1n) is 16.3. The van der Waals surface area contributed by atoms with Gasteiger partial charge >= 0.3 is 5.97 Å². The van der Waals surface area contributed by atoms with Gasteiger partial charge in [0.25, 0.3) is 0 Å². The van der Waals surface area contributed by atoms with E-state index in [9.17, 15) is 9.18 Å². The molecule has 16 heteroatoms. The average Bonchev–Trinajstić information content (AvgIpc) is 3.91. The highest BCUT2D eigenvalue weighted by Gasteiger charge is 2.54. The first-order valence-corrected chi connectivity index (χ1v) is 17.4. The zero-order valence-electron chi connectivity index (χ0n) is 27.3. The Kier molecular flexibility index (Phi) is 9.31. The number of halogens is 2. The lowest BCUT2D eigenvalue weighted by Crippen LogP contribution is -2.58. The highest BCUT2D eigenvalue weighted by atomic mass is 35.5. The van der Waals surface area contributed by atoms with E-state index in [0.717, 1.165) is 26.5 Å². The Hall–Kier alpha value is -4.64. The topological polar surface area (TPSA) is 138 Å². The number of esters is 1. The average molecular weight is 732 g/mol. The molecule has 3 aromatic heterocycles. The van der Waals surface area contributed by atoms with E-state index in [2.05, 4.69) is 25.4 Å². The van der Waals surface area contributed by atoms with Crippen molar-refractivity contribution in [1.29, 1.82) is 0 Å². The van der Waals surface area contributed by atoms with Crippen molar-refractivity contribution < 1.29 is 32.9 Å². The molecule has 1 unspecified atom stereocenters. The molecule has 6 aromatic rings. The highest BCUT2D eigenvalue weighted by Crippen LogP contribution is 2.45. The molecule has 0 spiro atoms. The maximum absolute atomic E-state index is 14.5. The van der Waals surface area contributed by atoms with Crippen molar-refractivity contribution in [3.63, 3.8) is 0 Å². The van der Waals surface area contributed by atoms with E-state index in [4.69, 9.17) is 35.3 Å². The van der Waals surface area contributed by atoms with Crippen LogP contribution in [0.15, 0.2) is 79.3 Å². The second-order valence-corrected chi connectivity index (χ2v) is 13.6. The van der Waals surface area contributed by atoms with Crippen LogP contribution in [-0.2, 0) is 28.5 Å². The zero-order chi connectivity index (χ0) is 35.1. The third kappa shape index (κ3) is 6.64. The van der Waals surface area contributed by atoms with Gasteiger partial charge in [-0.3, -0.25) is 0 Å². The number of aromatic nitrogens is 7. The molecule has 13 nitrogen and oxygen atoms in total. The first kappa shape index (κ1) is 33.5. The summed E-state index contributed by atoms with van der Waals surface area (Å²) in [6.45, 7) is 3.62. The van der Waals surface area contributed by atoms with Crippen LogP contribution in [0.5, 0.6) is 0 Å². The van der Waals surface area contributed by atoms with Gasteiger partial charge in [-0.2, -0.15) is 5.10 Å². The fourth-order valence-corrected chi connectivity index (χ4v) is 7.43. The van der Waals surface area contributed by atoms with Crippen molar-refractivity contribution >= 4 is 39.1 Å². The molecule has 51 heavy (non-hydrogen) atoms. The second-order valence-electron chi connectivity index (χ2n) is 12.0. The van der Waals surface area contributed by atoms with Crippen molar-refractivity contribution in [3.05, 3.63) is 106 Å². The fourth-order valence-electron chi connectivity index (χ4n) is 6.46. The normalized spacial score (nSPS) is 23.3. The first-order chi connectivity index (χ1) is 24.9. The van der Waals surface area contributed by atoms with Crippen LogP contribution in [0.4, 0.5) is 4.39 Å². The van der Waals surface area contributed by atoms with Gasteiger partial charge in [0.15, 0.2) is 12.1 Å². The molecule has 0 aliphatic carbocycles. The molecule has 8 rings (SSSR count). The van der Waals surface area contributed by atoms with Gasteiger partial charge in [-0.25, -0.2) is 28.5 Å². The number of fused-ring (bicyclic) bond motifs is 2. The number of ether oxygens (including phenoxy) is 5. The third-order valence-corrected chi connectivity index (χ3v) is 9.95. The van der Waals surface area contributed by atoms with Crippen molar-refractivity contribution in [2.24, 2.45) is 0 Å². The van der Waals surface area contributed by atoms with Gasteiger partial charge in [0.1, 0.15) is 54.9 Å². The molecule has 2 fully saturated rings. The van der Waals surface area contributed by atoms with Gasteiger partial charge in [-0.1, -0.05) is 53.2 Å². The molecular formula is C35H31ClFN7O6S. The van der Waals surface area contributed by atoms with E-state index in [1.54, 1.807) is 39.9 Å². The Labute approximate surface area is 299 Å². The third-order valence-electron chi connectivity index (χ3n) is 8.71. The molecule has 2 aliphatic heterocycles. The Morgan fingerprint density at radius 2 is 1.98 bits per heavy atom. The molecule has 2 saturated heterocycles. The Balaban J connectivity index is 1.23. The summed E-state index contributed by atoms with van der Waals surface area (Å²) in [5.74, 6) is -0.733. The fraction of sp³-hybridized carbons (Fsp3) is 0.314. The van der Waals surface area contributed by atoms with Crippen LogP contribution < -0.4 is 0 Å². The predicted octanol–water partition coefficient (Wildman–Crippen LogP) is 5.98. The SMILES string of the molecule is CCOC(=O)CO[C@@H]1[C@@H](n2cc(-c3ccc(Cl)c(F)c3)nn2)[C@H]2OC(c3ccccc3)OC[C@H]2O[C@H]1c1ncnn1-c1ccc2nc(C)sc2c1. The zero-order valence-corrected chi connectivity index (χ0v) is 28.9. The van der Waals surface area contributed by atoms with Gasteiger partial charge in [0.2, 0.25) is 0 Å². The van der Waals surface area contributed by atoms with Gasteiger partial charge in [0, 0.05) is 11.1 Å². The number of benzene rings is 3. The van der Waals surface area contributed by atoms with Crippen LogP contribution in [0.1, 0.15) is 41.8 Å². The van der Waals surface area contributed by atoms with E-state index in [1.807, 2.05) is 55.5 Å². The number of aryl methyl sites for hydroxylation is 1. The summed E-state index contributed by atoms with van der Waals surface area (Å²) in [4.78, 5) is 22.0. The lowest BCUT2D eigenvalue weighted by molar-refractivity contribution is -0.322. The number of nitrogens with zero attached hydrogens (tertiary/aromatic N) is 7. The number of carbonyl (C=O) groups is 1. The van der Waals surface area contributed by atoms with E-state index < -0.39 is 55.1 Å². The monoisotopic (exact) mass is 731 g/mol. The number of hydrogen-bond acceptors (Lipinski definition) is 12. The summed E-state index contributed by atoms with van der Waals surface area (Å²) in [5.41, 5.74) is 3.28. The number of carbonyl (C=O) groups excluding carboxylic acids is 1. The summed E-state index contributed by atoms with van der Waals surface area (Å²) in [5, 5.41) is 14.4. The standard InChI is InChI=1S/C35H31ClFN7O6S/c1-3-46-29(45)17-47-32-30(43-15-26(41-42-43)21-9-11-23(36)24(37)13-21)31-27(16-48-35(50-31)20-7-5-4-6-8-20)49-33(32)34-38-18-39-44(34)22-10-12-25-28(14-22)51-19(2)40-25/h4-15,18,27,30-33,35H,3,16-17H2,1-2H3/t27-,30+,31+,32-,33-,35?/m1/s1. The van der Waals surface area contributed by atoms with E-state index in [1.165, 1.54) is 18.5 Å². The molecule has 0 N–H and O–H groups in total. The van der Waals surface area contributed by atoms with E-state index >= 15 is 0 Å². The van der Waals surface area contributed by atoms with Crippen molar-refractivity contribution in [2.45, 2.75) is 50.6 Å².